The third-order valence-electron chi connectivity index (χ3n) is 3.71. The number of carbonyl (C=O) groups excluding carboxylic acids is 2. The van der Waals surface area contributed by atoms with Crippen molar-refractivity contribution in [3.8, 4) is 11.5 Å². The fraction of sp³-hybridized carbons (Fsp3) is 0.111. The maximum atomic E-state index is 12.2. The lowest BCUT2D eigenvalue weighted by atomic mass is 10.2. The highest BCUT2D eigenvalue weighted by Crippen LogP contribution is 2.36. The summed E-state index contributed by atoms with van der Waals surface area (Å²) in [5, 5.41) is 3.77. The fourth-order valence-corrected chi connectivity index (χ4v) is 3.92. The Bertz CT molecular complexity index is 1020. The van der Waals surface area contributed by atoms with Gasteiger partial charge in [-0.15, -0.1) is 11.3 Å². The highest BCUT2D eigenvalue weighted by molar-refractivity contribution is 7.21. The number of hydrogen-bond donors (Lipinski definition) is 1. The number of amides is 1. The van der Waals surface area contributed by atoms with E-state index in [0.717, 1.165) is 10.1 Å². The van der Waals surface area contributed by atoms with Crippen molar-refractivity contribution in [2.75, 3.05) is 18.7 Å². The quantitative estimate of drug-likeness (QED) is 0.680. The number of rotatable bonds is 4. The molecule has 1 N–H and O–H groups in total. The number of fused-ring (bicyclic) bond motifs is 2. The topological polar surface area (TPSA) is 73.9 Å². The third kappa shape index (κ3) is 3.18. The first-order chi connectivity index (χ1) is 12.6. The summed E-state index contributed by atoms with van der Waals surface area (Å²) in [4.78, 5) is 24.5. The molecule has 0 saturated heterocycles. The summed E-state index contributed by atoms with van der Waals surface area (Å²) in [5.41, 5.74) is 0.523. The van der Waals surface area contributed by atoms with Crippen LogP contribution in [0, 0.1) is 0 Å². The van der Waals surface area contributed by atoms with Crippen LogP contribution in [0.1, 0.15) is 9.67 Å². The highest BCUT2D eigenvalue weighted by Gasteiger charge is 2.19. The van der Waals surface area contributed by atoms with Gasteiger partial charge >= 0.3 is 5.97 Å². The average molecular weight is 390 g/mol. The zero-order chi connectivity index (χ0) is 18.1. The summed E-state index contributed by atoms with van der Waals surface area (Å²) in [7, 11) is 0. The molecule has 0 fully saturated rings. The summed E-state index contributed by atoms with van der Waals surface area (Å²) >= 11 is 7.47. The van der Waals surface area contributed by atoms with Gasteiger partial charge in [0.2, 0.25) is 6.79 Å². The van der Waals surface area contributed by atoms with Crippen molar-refractivity contribution >= 4 is 50.6 Å². The van der Waals surface area contributed by atoms with Gasteiger partial charge in [-0.1, -0.05) is 29.8 Å². The summed E-state index contributed by atoms with van der Waals surface area (Å²) in [6, 6.07) is 12.4. The first kappa shape index (κ1) is 16.7. The molecule has 0 radical (unpaired) electrons. The number of anilines is 1. The molecule has 8 heteroatoms. The Morgan fingerprint density at radius 1 is 1.15 bits per heavy atom. The summed E-state index contributed by atoms with van der Waals surface area (Å²) in [6.45, 7) is -0.266. The maximum absolute atomic E-state index is 12.2. The van der Waals surface area contributed by atoms with Crippen LogP contribution in [0.15, 0.2) is 42.5 Å². The molecule has 0 bridgehead atoms. The van der Waals surface area contributed by atoms with E-state index in [9.17, 15) is 9.59 Å². The van der Waals surface area contributed by atoms with Crippen LogP contribution in [0.2, 0.25) is 5.02 Å². The largest absolute Gasteiger partial charge is 0.454 e. The summed E-state index contributed by atoms with van der Waals surface area (Å²) in [6.07, 6.45) is 0. The van der Waals surface area contributed by atoms with Gasteiger partial charge in [0.1, 0.15) is 4.88 Å². The molecule has 3 aromatic rings. The lowest BCUT2D eigenvalue weighted by Gasteiger charge is -2.07. The van der Waals surface area contributed by atoms with Gasteiger partial charge in [-0.25, -0.2) is 4.79 Å². The Kier molecular flexibility index (Phi) is 4.40. The molecule has 6 nitrogen and oxygen atoms in total. The number of carbonyl (C=O) groups is 2. The molecule has 0 spiro atoms. The maximum Gasteiger partial charge on any atom is 0.350 e. The first-order valence-electron chi connectivity index (χ1n) is 7.65. The minimum absolute atomic E-state index is 0.153. The zero-order valence-corrected chi connectivity index (χ0v) is 14.9. The smallest absolute Gasteiger partial charge is 0.350 e. The van der Waals surface area contributed by atoms with E-state index in [2.05, 4.69) is 5.32 Å². The molecule has 0 saturated carbocycles. The van der Waals surface area contributed by atoms with Crippen molar-refractivity contribution in [2.24, 2.45) is 0 Å². The molecule has 2 aromatic carbocycles. The predicted octanol–water partition coefficient (Wildman–Crippen LogP) is 4.08. The van der Waals surface area contributed by atoms with Crippen LogP contribution in [0.25, 0.3) is 10.1 Å². The molecule has 1 aliphatic heterocycles. The monoisotopic (exact) mass is 389 g/mol. The van der Waals surface area contributed by atoms with Crippen LogP contribution in [0.5, 0.6) is 11.5 Å². The van der Waals surface area contributed by atoms with Crippen LogP contribution in [0.4, 0.5) is 5.69 Å². The molecule has 0 aliphatic carbocycles. The number of ether oxygens (including phenoxy) is 3. The van der Waals surface area contributed by atoms with E-state index in [1.165, 1.54) is 11.3 Å². The van der Waals surface area contributed by atoms with E-state index in [1.807, 2.05) is 24.3 Å². The van der Waals surface area contributed by atoms with E-state index in [1.54, 1.807) is 18.2 Å². The van der Waals surface area contributed by atoms with Crippen molar-refractivity contribution in [3.05, 3.63) is 52.4 Å². The van der Waals surface area contributed by atoms with Crippen molar-refractivity contribution in [2.45, 2.75) is 0 Å². The lowest BCUT2D eigenvalue weighted by Crippen LogP contribution is -2.20. The lowest BCUT2D eigenvalue weighted by molar-refractivity contribution is -0.119. The fourth-order valence-electron chi connectivity index (χ4n) is 2.51. The molecule has 1 amide bonds. The van der Waals surface area contributed by atoms with Crippen molar-refractivity contribution in [1.82, 2.24) is 0 Å². The molecule has 132 valence electrons. The van der Waals surface area contributed by atoms with Gasteiger partial charge in [-0.05, 0) is 18.2 Å². The minimum atomic E-state index is -0.628. The first-order valence-corrected chi connectivity index (χ1v) is 8.85. The van der Waals surface area contributed by atoms with Gasteiger partial charge in [0.25, 0.3) is 5.91 Å². The SMILES string of the molecule is O=C(COC(=O)c1sc2ccccc2c1Cl)Nc1ccc2c(c1)OCO2. The molecule has 1 aliphatic rings. The Labute approximate surface area is 157 Å². The number of thiophene rings is 1. The van der Waals surface area contributed by atoms with Gasteiger partial charge in [0.15, 0.2) is 18.1 Å². The Morgan fingerprint density at radius 2 is 1.96 bits per heavy atom. The van der Waals surface area contributed by atoms with Crippen LogP contribution in [0.3, 0.4) is 0 Å². The second kappa shape index (κ2) is 6.86. The molecule has 1 aromatic heterocycles. The average Bonchev–Trinajstić information content (AvgIpc) is 3.24. The molecule has 0 unspecified atom stereocenters. The van der Waals surface area contributed by atoms with E-state index >= 15 is 0 Å². The molecule has 4 rings (SSSR count). The molecular weight excluding hydrogens is 378 g/mol. The second-order valence-electron chi connectivity index (χ2n) is 5.43. The van der Waals surface area contributed by atoms with Gasteiger partial charge < -0.3 is 19.5 Å². The molecular formula is C18H12ClNO5S. The van der Waals surface area contributed by atoms with E-state index in [4.69, 9.17) is 25.8 Å². The van der Waals surface area contributed by atoms with Crippen LogP contribution >= 0.6 is 22.9 Å². The molecule has 26 heavy (non-hydrogen) atoms. The number of halogens is 1. The molecule has 2 heterocycles. The number of benzene rings is 2. The Balaban J connectivity index is 1.39. The normalized spacial score (nSPS) is 12.2. The van der Waals surface area contributed by atoms with E-state index in [0.29, 0.717) is 22.2 Å². The predicted molar refractivity (Wildman–Crippen MR) is 98.3 cm³/mol. The zero-order valence-electron chi connectivity index (χ0n) is 13.3. The van der Waals surface area contributed by atoms with E-state index < -0.39 is 18.5 Å². The van der Waals surface area contributed by atoms with Gasteiger partial charge in [-0.3, -0.25) is 4.79 Å². The number of nitrogens with one attached hydrogen (secondary N) is 1. The third-order valence-corrected chi connectivity index (χ3v) is 5.37. The molecule has 0 atom stereocenters. The van der Waals surface area contributed by atoms with Gasteiger partial charge in [-0.2, -0.15) is 0 Å². The van der Waals surface area contributed by atoms with Crippen molar-refractivity contribution in [3.63, 3.8) is 0 Å². The van der Waals surface area contributed by atoms with Gasteiger partial charge in [0, 0.05) is 21.8 Å². The second-order valence-corrected chi connectivity index (χ2v) is 6.86. The Hall–Kier alpha value is -2.77. The Morgan fingerprint density at radius 3 is 2.81 bits per heavy atom. The number of esters is 1. The standard InChI is InChI=1S/C18H12ClNO5S/c19-16-11-3-1-2-4-14(11)26-17(16)18(22)23-8-15(21)20-10-5-6-12-13(7-10)25-9-24-12/h1-7H,8-9H2,(H,20,21). The summed E-state index contributed by atoms with van der Waals surface area (Å²) < 4.78 is 16.4. The minimum Gasteiger partial charge on any atom is -0.454 e. The number of hydrogen-bond acceptors (Lipinski definition) is 6. The van der Waals surface area contributed by atoms with Gasteiger partial charge in [0.05, 0.1) is 5.02 Å². The van der Waals surface area contributed by atoms with Crippen LogP contribution in [-0.4, -0.2) is 25.3 Å². The van der Waals surface area contributed by atoms with Crippen molar-refractivity contribution in [1.29, 1.82) is 0 Å². The van der Waals surface area contributed by atoms with Crippen molar-refractivity contribution < 1.29 is 23.8 Å². The van der Waals surface area contributed by atoms with Crippen LogP contribution in [-0.2, 0) is 9.53 Å². The van der Waals surface area contributed by atoms with Crippen LogP contribution < -0.4 is 14.8 Å². The van der Waals surface area contributed by atoms with E-state index in [-0.39, 0.29) is 11.7 Å². The highest BCUT2D eigenvalue weighted by atomic mass is 35.5. The summed E-state index contributed by atoms with van der Waals surface area (Å²) in [5.74, 6) is 0.0807.